The van der Waals surface area contributed by atoms with Crippen molar-refractivity contribution in [2.45, 2.75) is 52.2 Å². The van der Waals surface area contributed by atoms with E-state index in [-0.39, 0.29) is 25.3 Å². The Morgan fingerprint density at radius 2 is 1.67 bits per heavy atom. The lowest BCUT2D eigenvalue weighted by atomic mass is 10.1. The second kappa shape index (κ2) is 13.3. The summed E-state index contributed by atoms with van der Waals surface area (Å²) in [5, 5.41) is 11.9. The summed E-state index contributed by atoms with van der Waals surface area (Å²) in [6.45, 7) is 5.97. The number of carboxylic acids is 1. The molecule has 8 heteroatoms. The normalized spacial score (nSPS) is 11.1. The molecule has 0 aliphatic heterocycles. The van der Waals surface area contributed by atoms with E-state index in [9.17, 15) is 13.6 Å². The number of nitrogens with zero attached hydrogens (tertiary/aromatic N) is 2. The minimum Gasteiger partial charge on any atom is -0.489 e. The quantitative estimate of drug-likeness (QED) is 0.188. The van der Waals surface area contributed by atoms with Crippen LogP contribution >= 0.6 is 11.3 Å². The van der Waals surface area contributed by atoms with Crippen LogP contribution in [-0.2, 0) is 30.8 Å². The highest BCUT2D eigenvalue weighted by atomic mass is 32.1. The fourth-order valence-electron chi connectivity index (χ4n) is 4.03. The van der Waals surface area contributed by atoms with Crippen LogP contribution in [0.4, 0.5) is 13.9 Å². The molecule has 39 heavy (non-hydrogen) atoms. The molecule has 1 aromatic heterocycles. The van der Waals surface area contributed by atoms with Gasteiger partial charge in [0.1, 0.15) is 24.0 Å². The summed E-state index contributed by atoms with van der Waals surface area (Å²) in [6, 6.07) is 19.2. The minimum atomic E-state index is -0.957. The first-order chi connectivity index (χ1) is 18.8. The number of aromatic nitrogens is 1. The second-order valence-electron chi connectivity index (χ2n) is 9.76. The molecule has 0 radical (unpaired) electrons. The maximum atomic E-state index is 14.3. The molecule has 4 rings (SSSR count). The van der Waals surface area contributed by atoms with Crippen LogP contribution in [0.3, 0.4) is 0 Å². The number of ether oxygens (including phenoxy) is 1. The van der Waals surface area contributed by atoms with E-state index in [1.54, 1.807) is 23.5 Å². The molecule has 1 heterocycles. The highest BCUT2D eigenvalue weighted by molar-refractivity contribution is 7.13. The third-order valence-electron chi connectivity index (χ3n) is 6.39. The van der Waals surface area contributed by atoms with Gasteiger partial charge >= 0.3 is 5.97 Å². The smallest absolute Gasteiger partial charge is 0.303 e. The van der Waals surface area contributed by atoms with Crippen LogP contribution in [0.2, 0.25) is 0 Å². The third-order valence-corrected chi connectivity index (χ3v) is 7.31. The Morgan fingerprint density at radius 3 is 2.31 bits per heavy atom. The standard InChI is InChI=1S/C31H32F2N2O3S/c1-21(2)29-20-39-31(34-29)35(16-15-22-7-11-26(32)12-8-22)18-23-3-5-24(6-4-23)19-38-27-13-9-25(28(33)17-27)10-14-30(36)37/h3-9,11-13,17,20-21H,10,14-16,18-19H2,1-2H3,(H,36,37). The molecule has 0 fully saturated rings. The number of halogens is 2. The summed E-state index contributed by atoms with van der Waals surface area (Å²) >= 11 is 1.63. The molecule has 0 unspecified atom stereocenters. The van der Waals surface area contributed by atoms with Crippen LogP contribution in [0, 0.1) is 11.6 Å². The Kier molecular flexibility index (Phi) is 9.65. The number of aryl methyl sites for hydroxylation is 1. The van der Waals surface area contributed by atoms with Crippen molar-refractivity contribution in [3.8, 4) is 5.75 Å². The van der Waals surface area contributed by atoms with Crippen molar-refractivity contribution < 1.29 is 23.4 Å². The van der Waals surface area contributed by atoms with Gasteiger partial charge in [-0.1, -0.05) is 56.3 Å². The van der Waals surface area contributed by atoms with Crippen LogP contribution in [-0.4, -0.2) is 22.6 Å². The molecular formula is C31H32F2N2O3S. The average molecular weight is 551 g/mol. The second-order valence-corrected chi connectivity index (χ2v) is 10.6. The fraction of sp³-hybridized carbons (Fsp3) is 0.290. The predicted molar refractivity (Wildman–Crippen MR) is 150 cm³/mol. The number of aliphatic carboxylic acids is 1. The average Bonchev–Trinajstić information content (AvgIpc) is 3.42. The molecule has 5 nitrogen and oxygen atoms in total. The van der Waals surface area contributed by atoms with Crippen molar-refractivity contribution in [2.75, 3.05) is 11.4 Å². The number of thiazole rings is 1. The Balaban J connectivity index is 1.38. The summed E-state index contributed by atoms with van der Waals surface area (Å²) in [5.41, 5.74) is 4.57. The van der Waals surface area contributed by atoms with Gasteiger partial charge < -0.3 is 14.7 Å². The van der Waals surface area contributed by atoms with Gasteiger partial charge in [0.05, 0.1) is 5.69 Å². The van der Waals surface area contributed by atoms with Crippen molar-refractivity contribution in [3.05, 3.63) is 112 Å². The number of benzene rings is 3. The molecule has 0 saturated carbocycles. The zero-order valence-electron chi connectivity index (χ0n) is 22.1. The lowest BCUT2D eigenvalue weighted by molar-refractivity contribution is -0.136. The Labute approximate surface area is 231 Å². The van der Waals surface area contributed by atoms with E-state index in [2.05, 4.69) is 36.3 Å². The van der Waals surface area contributed by atoms with Crippen LogP contribution in [0.25, 0.3) is 0 Å². The van der Waals surface area contributed by atoms with Crippen LogP contribution in [0.5, 0.6) is 5.75 Å². The summed E-state index contributed by atoms with van der Waals surface area (Å²) in [6.07, 6.45) is 0.798. The summed E-state index contributed by atoms with van der Waals surface area (Å²) in [5.74, 6) is -0.914. The van der Waals surface area contributed by atoms with Crippen molar-refractivity contribution in [3.63, 3.8) is 0 Å². The fourth-order valence-corrected chi connectivity index (χ4v) is 5.05. The van der Waals surface area contributed by atoms with Gasteiger partial charge in [0.2, 0.25) is 0 Å². The first-order valence-corrected chi connectivity index (χ1v) is 13.8. The van der Waals surface area contributed by atoms with E-state index in [0.717, 1.165) is 40.5 Å². The molecule has 0 bridgehead atoms. The van der Waals surface area contributed by atoms with Crippen molar-refractivity contribution in [2.24, 2.45) is 0 Å². The summed E-state index contributed by atoms with van der Waals surface area (Å²) in [7, 11) is 0. The first-order valence-electron chi connectivity index (χ1n) is 12.9. The number of anilines is 1. The highest BCUT2D eigenvalue weighted by Gasteiger charge is 2.14. The summed E-state index contributed by atoms with van der Waals surface area (Å²) in [4.78, 5) is 17.8. The number of carbonyl (C=O) groups is 1. The minimum absolute atomic E-state index is 0.116. The monoisotopic (exact) mass is 550 g/mol. The lowest BCUT2D eigenvalue weighted by Gasteiger charge is -2.22. The Morgan fingerprint density at radius 1 is 0.974 bits per heavy atom. The molecule has 204 valence electrons. The predicted octanol–water partition coefficient (Wildman–Crippen LogP) is 7.39. The van der Waals surface area contributed by atoms with Gasteiger partial charge in [-0.15, -0.1) is 11.3 Å². The van der Waals surface area contributed by atoms with Crippen LogP contribution < -0.4 is 9.64 Å². The number of hydrogen-bond acceptors (Lipinski definition) is 5. The van der Waals surface area contributed by atoms with Crippen molar-refractivity contribution in [1.29, 1.82) is 0 Å². The maximum Gasteiger partial charge on any atom is 0.303 e. The van der Waals surface area contributed by atoms with Crippen molar-refractivity contribution in [1.82, 2.24) is 4.98 Å². The van der Waals surface area contributed by atoms with Gasteiger partial charge in [0.15, 0.2) is 5.13 Å². The largest absolute Gasteiger partial charge is 0.489 e. The third kappa shape index (κ3) is 8.35. The van der Waals surface area contributed by atoms with E-state index < -0.39 is 11.8 Å². The van der Waals surface area contributed by atoms with Crippen LogP contribution in [0.1, 0.15) is 54.1 Å². The molecule has 0 atom stereocenters. The van der Waals surface area contributed by atoms with E-state index in [1.807, 2.05) is 24.3 Å². The first kappa shape index (κ1) is 28.2. The molecular weight excluding hydrogens is 518 g/mol. The molecule has 0 aliphatic carbocycles. The molecule has 1 N–H and O–H groups in total. The highest BCUT2D eigenvalue weighted by Crippen LogP contribution is 2.27. The van der Waals surface area contributed by atoms with E-state index in [4.69, 9.17) is 14.8 Å². The van der Waals surface area contributed by atoms with Gasteiger partial charge in [-0.25, -0.2) is 13.8 Å². The van der Waals surface area contributed by atoms with E-state index in [1.165, 1.54) is 18.2 Å². The number of rotatable bonds is 13. The van der Waals surface area contributed by atoms with Gasteiger partial charge in [-0.3, -0.25) is 4.79 Å². The topological polar surface area (TPSA) is 62.7 Å². The molecule has 0 amide bonds. The Bertz CT molecular complexity index is 1370. The number of carboxylic acid groups (broad SMARTS) is 1. The molecule has 3 aromatic carbocycles. The maximum absolute atomic E-state index is 14.3. The van der Waals surface area contributed by atoms with Gasteiger partial charge in [0, 0.05) is 31.0 Å². The van der Waals surface area contributed by atoms with E-state index >= 15 is 0 Å². The lowest BCUT2D eigenvalue weighted by Crippen LogP contribution is -2.25. The zero-order valence-corrected chi connectivity index (χ0v) is 22.9. The van der Waals surface area contributed by atoms with Crippen LogP contribution in [0.15, 0.2) is 72.1 Å². The number of hydrogen-bond donors (Lipinski definition) is 1. The summed E-state index contributed by atoms with van der Waals surface area (Å²) < 4.78 is 33.4. The molecule has 0 saturated heterocycles. The SMILES string of the molecule is CC(C)c1csc(N(CCc2ccc(F)cc2)Cc2ccc(COc3ccc(CCC(=O)O)c(F)c3)cc2)n1. The molecule has 4 aromatic rings. The van der Waals surface area contributed by atoms with Crippen molar-refractivity contribution >= 4 is 22.4 Å². The molecule has 0 spiro atoms. The van der Waals surface area contributed by atoms with E-state index in [0.29, 0.717) is 23.8 Å². The molecule has 0 aliphatic rings. The Hall–Kier alpha value is -3.78. The van der Waals surface area contributed by atoms with Gasteiger partial charge in [-0.05, 0) is 59.2 Å². The van der Waals surface area contributed by atoms with Gasteiger partial charge in [0.25, 0.3) is 0 Å². The zero-order chi connectivity index (χ0) is 27.8. The van der Waals surface area contributed by atoms with Gasteiger partial charge in [-0.2, -0.15) is 0 Å².